The van der Waals surface area contributed by atoms with E-state index in [-0.39, 0.29) is 4.90 Å². The molecule has 1 aromatic rings. The predicted octanol–water partition coefficient (Wildman–Crippen LogP) is 1.01. The molecule has 0 saturated heterocycles. The number of sulfonamides is 1. The Labute approximate surface area is 106 Å². The zero-order valence-electron chi connectivity index (χ0n) is 10.5. The first-order valence-electron chi connectivity index (χ1n) is 5.36. The molecule has 0 atom stereocenters. The Hall–Kier alpha value is -1.76. The number of hydrogen-bond acceptors (Lipinski definition) is 4. The highest BCUT2D eigenvalue weighted by Gasteiger charge is 2.19. The van der Waals surface area contributed by atoms with Gasteiger partial charge in [-0.2, -0.15) is 0 Å². The van der Waals surface area contributed by atoms with Gasteiger partial charge in [0.15, 0.2) is 0 Å². The molecule has 0 aliphatic rings. The van der Waals surface area contributed by atoms with Crippen LogP contribution in [-0.4, -0.2) is 28.1 Å². The topological polar surface area (TPSA) is 84.5 Å². The Morgan fingerprint density at radius 2 is 2.06 bits per heavy atom. The first-order valence-corrected chi connectivity index (χ1v) is 6.84. The third-order valence-electron chi connectivity index (χ3n) is 2.24. The molecule has 0 saturated carbocycles. The molecule has 2 amide bonds. The van der Waals surface area contributed by atoms with Gasteiger partial charge >= 0.3 is 6.03 Å². The second-order valence-corrected chi connectivity index (χ2v) is 5.25. The fourth-order valence-corrected chi connectivity index (χ4v) is 2.58. The summed E-state index contributed by atoms with van der Waals surface area (Å²) in [5, 5.41) is 2.36. The fraction of sp³-hybridized carbons (Fsp3) is 0.364. The van der Waals surface area contributed by atoms with Crippen LogP contribution in [0.25, 0.3) is 0 Å². The number of carbonyl (C=O) groups is 1. The summed E-state index contributed by atoms with van der Waals surface area (Å²) in [6, 6.07) is 3.77. The summed E-state index contributed by atoms with van der Waals surface area (Å²) in [5.74, 6) is 0.560. The highest BCUT2D eigenvalue weighted by molar-refractivity contribution is 7.90. The molecule has 18 heavy (non-hydrogen) atoms. The minimum Gasteiger partial charge on any atom is -0.497 e. The van der Waals surface area contributed by atoms with Crippen molar-refractivity contribution in [3.63, 3.8) is 0 Å². The number of urea groups is 1. The molecule has 1 rings (SSSR count). The maximum atomic E-state index is 11.9. The van der Waals surface area contributed by atoms with E-state index < -0.39 is 16.1 Å². The third-order valence-corrected chi connectivity index (χ3v) is 3.73. The summed E-state index contributed by atoms with van der Waals surface area (Å²) < 4.78 is 30.8. The van der Waals surface area contributed by atoms with Gasteiger partial charge in [0.1, 0.15) is 5.75 Å². The van der Waals surface area contributed by atoms with E-state index in [1.54, 1.807) is 19.9 Å². The number of aryl methyl sites for hydroxylation is 1. The van der Waals surface area contributed by atoms with Crippen molar-refractivity contribution in [1.82, 2.24) is 10.0 Å². The summed E-state index contributed by atoms with van der Waals surface area (Å²) >= 11 is 0. The Morgan fingerprint density at radius 1 is 1.39 bits per heavy atom. The fourth-order valence-electron chi connectivity index (χ4n) is 1.42. The van der Waals surface area contributed by atoms with Crippen LogP contribution in [0.2, 0.25) is 0 Å². The lowest BCUT2D eigenvalue weighted by molar-refractivity contribution is 0.246. The van der Waals surface area contributed by atoms with E-state index in [9.17, 15) is 13.2 Å². The summed E-state index contributed by atoms with van der Waals surface area (Å²) in [7, 11) is -2.36. The van der Waals surface area contributed by atoms with Crippen LogP contribution in [0.4, 0.5) is 4.79 Å². The Bertz CT molecular complexity index is 540. The Morgan fingerprint density at radius 3 is 2.56 bits per heavy atom. The van der Waals surface area contributed by atoms with Crippen LogP contribution >= 0.6 is 0 Å². The van der Waals surface area contributed by atoms with Crippen LogP contribution < -0.4 is 14.8 Å². The van der Waals surface area contributed by atoms with Gasteiger partial charge in [0.05, 0.1) is 12.0 Å². The summed E-state index contributed by atoms with van der Waals surface area (Å²) in [6.07, 6.45) is 0. The van der Waals surface area contributed by atoms with Crippen LogP contribution in [0.5, 0.6) is 5.75 Å². The van der Waals surface area contributed by atoms with Gasteiger partial charge in [-0.15, -0.1) is 0 Å². The molecule has 0 aliphatic carbocycles. The highest BCUT2D eigenvalue weighted by Crippen LogP contribution is 2.20. The van der Waals surface area contributed by atoms with Crippen LogP contribution in [0.3, 0.4) is 0 Å². The second-order valence-electron chi connectivity index (χ2n) is 3.60. The molecule has 0 spiro atoms. The molecule has 1 aromatic carbocycles. The van der Waals surface area contributed by atoms with Crippen LogP contribution in [0.1, 0.15) is 12.5 Å². The van der Waals surface area contributed by atoms with E-state index in [4.69, 9.17) is 4.74 Å². The number of benzene rings is 1. The van der Waals surface area contributed by atoms with Crippen molar-refractivity contribution < 1.29 is 17.9 Å². The smallest absolute Gasteiger partial charge is 0.328 e. The van der Waals surface area contributed by atoms with Gasteiger partial charge in [-0.3, -0.25) is 0 Å². The minimum absolute atomic E-state index is 0.0505. The van der Waals surface area contributed by atoms with Gasteiger partial charge in [-0.1, -0.05) is 0 Å². The van der Waals surface area contributed by atoms with E-state index >= 15 is 0 Å². The lowest BCUT2D eigenvalue weighted by atomic mass is 10.2. The third kappa shape index (κ3) is 3.36. The summed E-state index contributed by atoms with van der Waals surface area (Å²) in [6.45, 7) is 3.68. The molecule has 0 bridgehead atoms. The van der Waals surface area contributed by atoms with Crippen LogP contribution in [-0.2, 0) is 10.0 Å². The normalized spacial score (nSPS) is 10.8. The molecule has 7 heteroatoms. The molecular formula is C11H16N2O4S. The summed E-state index contributed by atoms with van der Waals surface area (Å²) in [4.78, 5) is 11.3. The molecule has 0 aliphatic heterocycles. The first kappa shape index (κ1) is 14.3. The van der Waals surface area contributed by atoms with Crippen molar-refractivity contribution in [1.29, 1.82) is 0 Å². The van der Waals surface area contributed by atoms with Gasteiger partial charge in [0, 0.05) is 6.54 Å². The summed E-state index contributed by atoms with van der Waals surface area (Å²) in [5.41, 5.74) is 0.506. The van der Waals surface area contributed by atoms with Crippen molar-refractivity contribution in [2.24, 2.45) is 0 Å². The number of carbonyl (C=O) groups excluding carboxylic acids is 1. The molecule has 2 N–H and O–H groups in total. The van der Waals surface area contributed by atoms with Gasteiger partial charge in [-0.25, -0.2) is 17.9 Å². The molecule has 0 aromatic heterocycles. The zero-order chi connectivity index (χ0) is 13.8. The van der Waals surface area contributed by atoms with Crippen molar-refractivity contribution in [3.8, 4) is 5.75 Å². The molecule has 100 valence electrons. The lowest BCUT2D eigenvalue weighted by Crippen LogP contribution is -2.39. The number of hydrogen-bond donors (Lipinski definition) is 2. The monoisotopic (exact) mass is 272 g/mol. The molecule has 6 nitrogen and oxygen atoms in total. The number of methoxy groups -OCH3 is 1. The molecular weight excluding hydrogens is 256 g/mol. The number of nitrogens with one attached hydrogen (secondary N) is 2. The minimum atomic E-state index is -3.85. The first-order chi connectivity index (χ1) is 8.40. The Balaban J connectivity index is 3.02. The number of ether oxygens (including phenoxy) is 1. The highest BCUT2D eigenvalue weighted by atomic mass is 32.2. The van der Waals surface area contributed by atoms with E-state index in [0.717, 1.165) is 0 Å². The molecule has 0 unspecified atom stereocenters. The number of rotatable bonds is 4. The van der Waals surface area contributed by atoms with E-state index in [1.807, 2.05) is 4.72 Å². The van der Waals surface area contributed by atoms with Crippen molar-refractivity contribution in [2.45, 2.75) is 18.7 Å². The average Bonchev–Trinajstić information content (AvgIpc) is 2.27. The number of amides is 2. The van der Waals surface area contributed by atoms with Gasteiger partial charge < -0.3 is 10.1 Å². The molecule has 0 radical (unpaired) electrons. The SMILES string of the molecule is CCNC(=O)NS(=O)(=O)c1ccc(OC)cc1C. The maximum absolute atomic E-state index is 11.9. The second kappa shape index (κ2) is 5.72. The van der Waals surface area contributed by atoms with Gasteiger partial charge in [-0.05, 0) is 37.6 Å². The van der Waals surface area contributed by atoms with Crippen molar-refractivity contribution in [3.05, 3.63) is 23.8 Å². The maximum Gasteiger partial charge on any atom is 0.328 e. The van der Waals surface area contributed by atoms with Gasteiger partial charge in [0.2, 0.25) is 0 Å². The van der Waals surface area contributed by atoms with Gasteiger partial charge in [0.25, 0.3) is 10.0 Å². The predicted molar refractivity (Wildman–Crippen MR) is 67.1 cm³/mol. The van der Waals surface area contributed by atoms with Crippen LogP contribution in [0, 0.1) is 6.92 Å². The van der Waals surface area contributed by atoms with Crippen LogP contribution in [0.15, 0.2) is 23.1 Å². The van der Waals surface area contributed by atoms with E-state index in [0.29, 0.717) is 17.9 Å². The quantitative estimate of drug-likeness (QED) is 0.856. The van der Waals surface area contributed by atoms with E-state index in [1.165, 1.54) is 19.2 Å². The lowest BCUT2D eigenvalue weighted by Gasteiger charge is -2.10. The standard InChI is InChI=1S/C11H16N2O4S/c1-4-12-11(14)13-18(15,16)10-6-5-9(17-3)7-8(10)2/h5-7H,4H2,1-3H3,(H2,12,13,14). The average molecular weight is 272 g/mol. The largest absolute Gasteiger partial charge is 0.497 e. The van der Waals surface area contributed by atoms with Crippen molar-refractivity contribution >= 4 is 16.1 Å². The Kier molecular flexibility index (Phi) is 4.55. The zero-order valence-corrected chi connectivity index (χ0v) is 11.3. The molecule has 0 heterocycles. The van der Waals surface area contributed by atoms with E-state index in [2.05, 4.69) is 5.32 Å². The molecule has 0 fully saturated rings. The van der Waals surface area contributed by atoms with Crippen molar-refractivity contribution in [2.75, 3.05) is 13.7 Å².